The van der Waals surface area contributed by atoms with Gasteiger partial charge in [0.25, 0.3) is 0 Å². The first-order valence-electron chi connectivity index (χ1n) is 8.85. The highest BCUT2D eigenvalue weighted by molar-refractivity contribution is 5.80. The number of rotatable bonds is 7. The molecule has 25 heavy (non-hydrogen) atoms. The summed E-state index contributed by atoms with van der Waals surface area (Å²) in [5, 5.41) is 4.44. The van der Waals surface area contributed by atoms with Crippen LogP contribution in [0.1, 0.15) is 18.6 Å². The van der Waals surface area contributed by atoms with Crippen molar-refractivity contribution in [3.63, 3.8) is 0 Å². The van der Waals surface area contributed by atoms with Crippen molar-refractivity contribution in [2.24, 2.45) is 4.99 Å². The minimum Gasteiger partial charge on any atom is -0.459 e. The Labute approximate surface area is 148 Å². The normalized spacial score (nSPS) is 18.0. The molecule has 6 heteroatoms. The summed E-state index contributed by atoms with van der Waals surface area (Å²) < 4.78 is 17.1. The molecule has 1 atom stereocenters. The van der Waals surface area contributed by atoms with Crippen LogP contribution in [0.15, 0.2) is 39.7 Å². The summed E-state index contributed by atoms with van der Waals surface area (Å²) in [5.41, 5.74) is 0.913. The van der Waals surface area contributed by atoms with Gasteiger partial charge < -0.3 is 24.1 Å². The molecule has 2 heterocycles. The van der Waals surface area contributed by atoms with Gasteiger partial charge in [-0.3, -0.25) is 4.99 Å². The van der Waals surface area contributed by atoms with E-state index in [0.717, 1.165) is 42.1 Å². The molecule has 1 aromatic carbocycles. The number of ether oxygens (including phenoxy) is 2. The lowest BCUT2D eigenvalue weighted by atomic mass is 10.2. The lowest BCUT2D eigenvalue weighted by molar-refractivity contribution is 0.0190. The smallest absolute Gasteiger partial charge is 0.193 e. The molecule has 1 aromatic heterocycles. The first kappa shape index (κ1) is 17.8. The second-order valence-corrected chi connectivity index (χ2v) is 6.29. The molecule has 1 aliphatic rings. The Hall–Kier alpha value is -2.05. The van der Waals surface area contributed by atoms with Crippen molar-refractivity contribution in [1.29, 1.82) is 0 Å². The fourth-order valence-corrected chi connectivity index (χ4v) is 3.03. The fourth-order valence-electron chi connectivity index (χ4n) is 3.03. The molecule has 1 fully saturated rings. The number of hydrogen-bond donors (Lipinski definition) is 1. The third-order valence-electron chi connectivity index (χ3n) is 4.30. The number of hydrogen-bond acceptors (Lipinski definition) is 4. The molecular formula is C19H27N3O3. The predicted molar refractivity (Wildman–Crippen MR) is 98.8 cm³/mol. The average molecular weight is 345 g/mol. The van der Waals surface area contributed by atoms with Crippen molar-refractivity contribution >= 4 is 16.9 Å². The van der Waals surface area contributed by atoms with Gasteiger partial charge in [-0.15, -0.1) is 0 Å². The Balaban J connectivity index is 1.42. The number of benzene rings is 1. The Morgan fingerprint density at radius 2 is 2.28 bits per heavy atom. The number of nitrogens with one attached hydrogen (secondary N) is 1. The van der Waals surface area contributed by atoms with Crippen LogP contribution in [0.25, 0.3) is 11.0 Å². The number of nitrogens with zero attached hydrogens (tertiary/aromatic N) is 2. The van der Waals surface area contributed by atoms with E-state index in [-0.39, 0.29) is 6.10 Å². The van der Waals surface area contributed by atoms with E-state index >= 15 is 0 Å². The van der Waals surface area contributed by atoms with E-state index in [0.29, 0.717) is 26.3 Å². The highest BCUT2D eigenvalue weighted by Crippen LogP contribution is 2.19. The van der Waals surface area contributed by atoms with Crippen molar-refractivity contribution in [3.05, 3.63) is 36.1 Å². The molecule has 0 spiro atoms. The van der Waals surface area contributed by atoms with Crippen LogP contribution in [0.4, 0.5) is 0 Å². The monoisotopic (exact) mass is 345 g/mol. The van der Waals surface area contributed by atoms with E-state index in [1.165, 1.54) is 0 Å². The van der Waals surface area contributed by atoms with Crippen LogP contribution in [-0.2, 0) is 16.0 Å². The van der Waals surface area contributed by atoms with Gasteiger partial charge in [0.05, 0.1) is 25.9 Å². The van der Waals surface area contributed by atoms with Gasteiger partial charge in [-0.25, -0.2) is 0 Å². The van der Waals surface area contributed by atoms with E-state index in [1.54, 1.807) is 7.05 Å². The summed E-state index contributed by atoms with van der Waals surface area (Å²) in [5.74, 6) is 1.74. The molecule has 0 bridgehead atoms. The van der Waals surface area contributed by atoms with E-state index in [9.17, 15) is 0 Å². The molecule has 1 N–H and O–H groups in total. The van der Waals surface area contributed by atoms with Gasteiger partial charge in [-0.05, 0) is 25.0 Å². The van der Waals surface area contributed by atoms with Crippen LogP contribution in [-0.4, -0.2) is 57.4 Å². The predicted octanol–water partition coefficient (Wildman–Crippen LogP) is 2.64. The second-order valence-electron chi connectivity index (χ2n) is 6.29. The highest BCUT2D eigenvalue weighted by Gasteiger charge is 2.15. The Kier molecular flexibility index (Phi) is 6.30. The maximum atomic E-state index is 5.87. The molecule has 3 rings (SSSR count). The topological polar surface area (TPSA) is 59.2 Å². The third kappa shape index (κ3) is 4.96. The number of para-hydroxylation sites is 1. The highest BCUT2D eigenvalue weighted by atomic mass is 16.5. The van der Waals surface area contributed by atoms with Gasteiger partial charge in [0, 0.05) is 32.6 Å². The average Bonchev–Trinajstić information content (AvgIpc) is 3.26. The molecule has 0 amide bonds. The molecule has 6 nitrogen and oxygen atoms in total. The number of guanidine groups is 1. The molecule has 0 aliphatic carbocycles. The van der Waals surface area contributed by atoms with Gasteiger partial charge in [-0.2, -0.15) is 0 Å². The van der Waals surface area contributed by atoms with Crippen LogP contribution in [0.2, 0.25) is 0 Å². The fraction of sp³-hybridized carbons (Fsp3) is 0.526. The van der Waals surface area contributed by atoms with Crippen LogP contribution in [0.5, 0.6) is 0 Å². The zero-order valence-electron chi connectivity index (χ0n) is 15.0. The van der Waals surface area contributed by atoms with E-state index in [1.807, 2.05) is 30.1 Å². The Morgan fingerprint density at radius 3 is 3.04 bits per heavy atom. The first-order valence-corrected chi connectivity index (χ1v) is 8.85. The van der Waals surface area contributed by atoms with E-state index in [4.69, 9.17) is 13.9 Å². The third-order valence-corrected chi connectivity index (χ3v) is 4.30. The Morgan fingerprint density at radius 1 is 1.40 bits per heavy atom. The molecule has 1 saturated heterocycles. The molecule has 1 aliphatic heterocycles. The molecule has 1 unspecified atom stereocenters. The molecule has 2 aromatic rings. The summed E-state index contributed by atoms with van der Waals surface area (Å²) >= 11 is 0. The van der Waals surface area contributed by atoms with Crippen molar-refractivity contribution in [3.8, 4) is 0 Å². The number of aliphatic imine (C=N–C) groups is 1. The quantitative estimate of drug-likeness (QED) is 0.475. The number of fused-ring (bicyclic) bond motifs is 1. The van der Waals surface area contributed by atoms with E-state index < -0.39 is 0 Å². The van der Waals surface area contributed by atoms with Gasteiger partial charge in [0.2, 0.25) is 0 Å². The van der Waals surface area contributed by atoms with Crippen LogP contribution in [0.3, 0.4) is 0 Å². The van der Waals surface area contributed by atoms with Crippen molar-refractivity contribution < 1.29 is 13.9 Å². The summed E-state index contributed by atoms with van der Waals surface area (Å²) in [7, 11) is 3.78. The van der Waals surface area contributed by atoms with Crippen molar-refractivity contribution in [1.82, 2.24) is 10.2 Å². The van der Waals surface area contributed by atoms with Crippen LogP contribution < -0.4 is 5.32 Å². The first-order chi connectivity index (χ1) is 12.3. The zero-order chi connectivity index (χ0) is 17.5. The molecule has 136 valence electrons. The summed E-state index contributed by atoms with van der Waals surface area (Å²) in [6.07, 6.45) is 2.52. The van der Waals surface area contributed by atoms with Gasteiger partial charge in [-0.1, -0.05) is 18.2 Å². The van der Waals surface area contributed by atoms with Crippen molar-refractivity contribution in [2.75, 3.05) is 40.5 Å². The van der Waals surface area contributed by atoms with Crippen molar-refractivity contribution in [2.45, 2.75) is 25.5 Å². The second kappa shape index (κ2) is 8.87. The minimum atomic E-state index is 0.273. The summed E-state index contributed by atoms with van der Waals surface area (Å²) in [6.45, 7) is 3.55. The standard InChI is InChI=1S/C19H27N3O3/c1-20-19(21-9-11-23-14-16-7-5-10-24-16)22(2)13-17-12-15-6-3-4-8-18(15)25-17/h3-4,6,8,12,16H,5,7,9-11,13-14H2,1-2H3,(H,20,21). The van der Waals surface area contributed by atoms with E-state index in [2.05, 4.69) is 22.4 Å². The summed E-state index contributed by atoms with van der Waals surface area (Å²) in [4.78, 5) is 6.36. The molecule has 0 saturated carbocycles. The van der Waals surface area contributed by atoms with Gasteiger partial charge in [0.1, 0.15) is 11.3 Å². The zero-order valence-corrected chi connectivity index (χ0v) is 15.0. The van der Waals surface area contributed by atoms with Crippen LogP contribution >= 0.6 is 0 Å². The van der Waals surface area contributed by atoms with Gasteiger partial charge in [0.15, 0.2) is 5.96 Å². The SMILES string of the molecule is CN=C(NCCOCC1CCCO1)N(C)Cc1cc2ccccc2o1. The largest absolute Gasteiger partial charge is 0.459 e. The Bertz CT molecular complexity index is 659. The maximum absolute atomic E-state index is 5.87. The van der Waals surface area contributed by atoms with Crippen LogP contribution in [0, 0.1) is 0 Å². The lowest BCUT2D eigenvalue weighted by Crippen LogP contribution is -2.40. The minimum absolute atomic E-state index is 0.273. The maximum Gasteiger partial charge on any atom is 0.193 e. The summed E-state index contributed by atoms with van der Waals surface area (Å²) in [6, 6.07) is 10.1. The van der Waals surface area contributed by atoms with Gasteiger partial charge >= 0.3 is 0 Å². The molecular weight excluding hydrogens is 318 g/mol. The lowest BCUT2D eigenvalue weighted by Gasteiger charge is -2.21. The molecule has 0 radical (unpaired) electrons. The number of furan rings is 1.